The van der Waals surface area contributed by atoms with E-state index < -0.39 is 0 Å². The third-order valence-electron chi connectivity index (χ3n) is 2.56. The Balaban J connectivity index is 2.24. The van der Waals surface area contributed by atoms with Crippen LogP contribution in [0.25, 0.3) is 0 Å². The van der Waals surface area contributed by atoms with Crippen LogP contribution in [0, 0.1) is 0 Å². The van der Waals surface area contributed by atoms with Gasteiger partial charge in [-0.2, -0.15) is 0 Å². The number of benzene rings is 1. The van der Waals surface area contributed by atoms with E-state index in [4.69, 9.17) is 0 Å². The Labute approximate surface area is 77.3 Å². The van der Waals surface area contributed by atoms with Crippen LogP contribution < -0.4 is 0 Å². The van der Waals surface area contributed by atoms with E-state index in [1.807, 2.05) is 6.07 Å². The highest BCUT2D eigenvalue weighted by molar-refractivity contribution is 5.36. The van der Waals surface area contributed by atoms with E-state index in [2.05, 4.69) is 23.2 Å². The van der Waals surface area contributed by atoms with Crippen LogP contribution in [-0.4, -0.2) is 12.1 Å². The van der Waals surface area contributed by atoms with E-state index in [0.29, 0.717) is 0 Å². The van der Waals surface area contributed by atoms with Crippen LogP contribution in [0.2, 0.25) is 0 Å². The second-order valence-electron chi connectivity index (χ2n) is 3.39. The van der Waals surface area contributed by atoms with Gasteiger partial charge in [-0.15, -0.1) is 0 Å². The molecule has 1 aliphatic rings. The van der Waals surface area contributed by atoms with Gasteiger partial charge in [0.2, 0.25) is 6.08 Å². The summed E-state index contributed by atoms with van der Waals surface area (Å²) >= 11 is 0. The van der Waals surface area contributed by atoms with Gasteiger partial charge in [0.1, 0.15) is 0 Å². The van der Waals surface area contributed by atoms with Gasteiger partial charge in [-0.3, -0.25) is 0 Å². The van der Waals surface area contributed by atoms with Crippen LogP contribution in [0.3, 0.4) is 0 Å². The third kappa shape index (κ3) is 1.68. The summed E-state index contributed by atoms with van der Waals surface area (Å²) in [6.07, 6.45) is 4.55. The molecule has 1 atom stereocenters. The zero-order chi connectivity index (χ0) is 9.10. The first-order chi connectivity index (χ1) is 6.40. The molecule has 1 aromatic rings. The van der Waals surface area contributed by atoms with E-state index in [9.17, 15) is 4.79 Å². The average molecular weight is 173 g/mol. The summed E-state index contributed by atoms with van der Waals surface area (Å²) in [5.41, 5.74) is 2.73. The van der Waals surface area contributed by atoms with Crippen molar-refractivity contribution in [1.29, 1.82) is 0 Å². The molecular formula is C11H11NO. The normalized spacial score (nSPS) is 20.2. The first-order valence-electron chi connectivity index (χ1n) is 4.54. The second kappa shape index (κ2) is 3.55. The van der Waals surface area contributed by atoms with Crippen LogP contribution in [0.4, 0.5) is 0 Å². The summed E-state index contributed by atoms with van der Waals surface area (Å²) < 4.78 is 0. The SMILES string of the molecule is O=C=NC1CCc2ccccc2C1. The highest BCUT2D eigenvalue weighted by atomic mass is 16.1. The molecule has 13 heavy (non-hydrogen) atoms. The minimum Gasteiger partial charge on any atom is -0.211 e. The summed E-state index contributed by atoms with van der Waals surface area (Å²) in [4.78, 5) is 13.9. The molecule has 66 valence electrons. The number of hydrogen-bond donors (Lipinski definition) is 0. The molecule has 2 nitrogen and oxygen atoms in total. The van der Waals surface area contributed by atoms with Crippen molar-refractivity contribution in [3.05, 3.63) is 35.4 Å². The quantitative estimate of drug-likeness (QED) is 0.471. The van der Waals surface area contributed by atoms with Gasteiger partial charge in [-0.1, -0.05) is 24.3 Å². The van der Waals surface area contributed by atoms with E-state index in [-0.39, 0.29) is 6.04 Å². The fourth-order valence-corrected chi connectivity index (χ4v) is 1.86. The van der Waals surface area contributed by atoms with E-state index in [1.165, 1.54) is 11.1 Å². The summed E-state index contributed by atoms with van der Waals surface area (Å²) in [5, 5.41) is 0. The fourth-order valence-electron chi connectivity index (χ4n) is 1.86. The van der Waals surface area contributed by atoms with Crippen molar-refractivity contribution in [3.8, 4) is 0 Å². The van der Waals surface area contributed by atoms with Crippen molar-refractivity contribution < 1.29 is 4.79 Å². The molecule has 2 rings (SSSR count). The van der Waals surface area contributed by atoms with Gasteiger partial charge in [-0.25, -0.2) is 9.79 Å². The molecule has 0 saturated carbocycles. The van der Waals surface area contributed by atoms with Crippen molar-refractivity contribution in [2.45, 2.75) is 25.3 Å². The highest BCUT2D eigenvalue weighted by Crippen LogP contribution is 2.22. The third-order valence-corrected chi connectivity index (χ3v) is 2.56. The Morgan fingerprint density at radius 1 is 1.31 bits per heavy atom. The Morgan fingerprint density at radius 3 is 2.85 bits per heavy atom. The lowest BCUT2D eigenvalue weighted by atomic mass is 9.89. The van der Waals surface area contributed by atoms with Gasteiger partial charge in [0, 0.05) is 0 Å². The number of carbonyl (C=O) groups excluding carboxylic acids is 1. The summed E-state index contributed by atoms with van der Waals surface area (Å²) in [5.74, 6) is 0. The molecule has 1 aliphatic carbocycles. The van der Waals surface area contributed by atoms with E-state index in [0.717, 1.165) is 19.3 Å². The van der Waals surface area contributed by atoms with Crippen LogP contribution in [0.5, 0.6) is 0 Å². The number of fused-ring (bicyclic) bond motifs is 1. The van der Waals surface area contributed by atoms with Gasteiger partial charge in [-0.05, 0) is 30.4 Å². The predicted molar refractivity (Wildman–Crippen MR) is 50.4 cm³/mol. The maximum absolute atomic E-state index is 10.1. The first kappa shape index (κ1) is 8.21. The fraction of sp³-hybridized carbons (Fsp3) is 0.364. The summed E-state index contributed by atoms with van der Waals surface area (Å²) in [7, 11) is 0. The maximum Gasteiger partial charge on any atom is 0.235 e. The monoisotopic (exact) mass is 173 g/mol. The molecular weight excluding hydrogens is 162 g/mol. The molecule has 0 heterocycles. The van der Waals surface area contributed by atoms with Crippen molar-refractivity contribution in [3.63, 3.8) is 0 Å². The molecule has 0 aromatic heterocycles. The Morgan fingerprint density at radius 2 is 2.08 bits per heavy atom. The van der Waals surface area contributed by atoms with E-state index >= 15 is 0 Å². The minimum atomic E-state index is 0.160. The van der Waals surface area contributed by atoms with Gasteiger partial charge in [0.25, 0.3) is 0 Å². The number of rotatable bonds is 1. The lowest BCUT2D eigenvalue weighted by molar-refractivity contribution is 0.539. The van der Waals surface area contributed by atoms with Crippen LogP contribution in [0.15, 0.2) is 29.3 Å². The second-order valence-corrected chi connectivity index (χ2v) is 3.39. The minimum absolute atomic E-state index is 0.160. The number of hydrogen-bond acceptors (Lipinski definition) is 2. The average Bonchev–Trinajstić information content (AvgIpc) is 2.18. The highest BCUT2D eigenvalue weighted by Gasteiger charge is 2.16. The Bertz CT molecular complexity index is 353. The Kier molecular flexibility index (Phi) is 2.24. The molecule has 0 fully saturated rings. The van der Waals surface area contributed by atoms with Crippen molar-refractivity contribution in [1.82, 2.24) is 0 Å². The van der Waals surface area contributed by atoms with E-state index in [1.54, 1.807) is 6.08 Å². The standard InChI is InChI=1S/C11H11NO/c13-8-12-11-6-5-9-3-1-2-4-10(9)7-11/h1-4,11H,5-7H2. The molecule has 1 unspecified atom stereocenters. The first-order valence-corrected chi connectivity index (χ1v) is 4.54. The van der Waals surface area contributed by atoms with Crippen molar-refractivity contribution >= 4 is 6.08 Å². The van der Waals surface area contributed by atoms with Crippen LogP contribution in [-0.2, 0) is 17.6 Å². The molecule has 0 N–H and O–H groups in total. The maximum atomic E-state index is 10.1. The molecule has 0 amide bonds. The Hall–Kier alpha value is -1.40. The predicted octanol–water partition coefficient (Wildman–Crippen LogP) is 1.88. The smallest absolute Gasteiger partial charge is 0.211 e. The topological polar surface area (TPSA) is 29.4 Å². The lowest BCUT2D eigenvalue weighted by Gasteiger charge is -2.19. The molecule has 0 aliphatic heterocycles. The largest absolute Gasteiger partial charge is 0.235 e. The van der Waals surface area contributed by atoms with Crippen LogP contribution in [0.1, 0.15) is 17.5 Å². The van der Waals surface area contributed by atoms with Crippen molar-refractivity contribution in [2.24, 2.45) is 4.99 Å². The number of aryl methyl sites for hydroxylation is 1. The zero-order valence-electron chi connectivity index (χ0n) is 7.36. The molecule has 0 spiro atoms. The number of isocyanates is 1. The summed E-state index contributed by atoms with van der Waals surface area (Å²) in [6, 6.07) is 8.51. The van der Waals surface area contributed by atoms with Crippen molar-refractivity contribution in [2.75, 3.05) is 0 Å². The molecule has 2 heteroatoms. The number of nitrogens with zero attached hydrogens (tertiary/aromatic N) is 1. The van der Waals surface area contributed by atoms with Crippen LogP contribution >= 0.6 is 0 Å². The molecule has 0 saturated heterocycles. The molecule has 1 aromatic carbocycles. The molecule has 0 bridgehead atoms. The zero-order valence-corrected chi connectivity index (χ0v) is 7.36. The number of aliphatic imine (C=N–C) groups is 1. The van der Waals surface area contributed by atoms with Gasteiger partial charge >= 0.3 is 0 Å². The van der Waals surface area contributed by atoms with Gasteiger partial charge in [0.15, 0.2) is 0 Å². The van der Waals surface area contributed by atoms with Gasteiger partial charge < -0.3 is 0 Å². The van der Waals surface area contributed by atoms with Gasteiger partial charge in [0.05, 0.1) is 6.04 Å². The lowest BCUT2D eigenvalue weighted by Crippen LogP contribution is -2.16. The molecule has 0 radical (unpaired) electrons. The summed E-state index contributed by atoms with van der Waals surface area (Å²) in [6.45, 7) is 0.